The van der Waals surface area contributed by atoms with Gasteiger partial charge in [-0.05, 0) is 41.2 Å². The molecule has 0 N–H and O–H groups in total. The summed E-state index contributed by atoms with van der Waals surface area (Å²) in [6.45, 7) is 2.30. The first-order valence-corrected chi connectivity index (χ1v) is 11.5. The molecule has 3 aromatic rings. The zero-order valence-electron chi connectivity index (χ0n) is 17.7. The lowest BCUT2D eigenvalue weighted by Gasteiger charge is -2.28. The van der Waals surface area contributed by atoms with E-state index in [2.05, 4.69) is 25.1 Å². The van der Waals surface area contributed by atoms with E-state index in [1.807, 2.05) is 42.5 Å². The Hall–Kier alpha value is -2.15. The van der Waals surface area contributed by atoms with E-state index in [1.165, 1.54) is 56.9 Å². The van der Waals surface area contributed by atoms with Crippen molar-refractivity contribution in [1.82, 2.24) is 0 Å². The lowest BCUT2D eigenvalue weighted by Crippen LogP contribution is -2.15. The Morgan fingerprint density at radius 3 is 2.28 bits per heavy atom. The molecule has 0 bridgehead atoms. The number of hydrogen-bond donors (Lipinski definition) is 0. The van der Waals surface area contributed by atoms with Crippen molar-refractivity contribution in [3.63, 3.8) is 0 Å². The first-order chi connectivity index (χ1) is 14.2. The summed E-state index contributed by atoms with van der Waals surface area (Å²) in [6, 6.07) is 20.1. The molecule has 4 rings (SSSR count). The van der Waals surface area contributed by atoms with Crippen molar-refractivity contribution in [3.8, 4) is 11.1 Å². The van der Waals surface area contributed by atoms with Crippen LogP contribution in [-0.2, 0) is 6.42 Å². The Balaban J connectivity index is 1.40. The zero-order valence-corrected chi connectivity index (χ0v) is 17.7. The van der Waals surface area contributed by atoms with Gasteiger partial charge in [0.2, 0.25) is 0 Å². The van der Waals surface area contributed by atoms with Gasteiger partial charge in [-0.25, -0.2) is 4.39 Å². The quantitative estimate of drug-likeness (QED) is 0.380. The second kappa shape index (κ2) is 9.57. The summed E-state index contributed by atoms with van der Waals surface area (Å²) in [5.74, 6) is 1.75. The smallest absolute Gasteiger partial charge is 0.138 e. The maximum absolute atomic E-state index is 15.1. The van der Waals surface area contributed by atoms with E-state index >= 15 is 4.39 Å². The first-order valence-electron chi connectivity index (χ1n) is 11.5. The largest absolute Gasteiger partial charge is 0.206 e. The molecule has 1 aliphatic rings. The molecule has 0 heterocycles. The van der Waals surface area contributed by atoms with Gasteiger partial charge < -0.3 is 0 Å². The lowest BCUT2D eigenvalue weighted by atomic mass is 9.78. The SMILES string of the molecule is CCCC[C@H]1CC[C@H](CCc2ccc3c(F)c(-c4ccccc4)ccc3c2)CC1. The van der Waals surface area contributed by atoms with Crippen molar-refractivity contribution in [1.29, 1.82) is 0 Å². The second-order valence-electron chi connectivity index (χ2n) is 8.92. The normalized spacial score (nSPS) is 19.5. The predicted molar refractivity (Wildman–Crippen MR) is 123 cm³/mol. The molecule has 3 aromatic carbocycles. The van der Waals surface area contributed by atoms with Crippen LogP contribution in [0.15, 0.2) is 60.7 Å². The molecule has 0 saturated heterocycles. The molecule has 1 heteroatoms. The van der Waals surface area contributed by atoms with Gasteiger partial charge >= 0.3 is 0 Å². The summed E-state index contributed by atoms with van der Waals surface area (Å²) in [6.07, 6.45) is 12.2. The van der Waals surface area contributed by atoms with Crippen LogP contribution in [-0.4, -0.2) is 0 Å². The summed E-state index contributed by atoms with van der Waals surface area (Å²) in [5, 5.41) is 1.74. The highest BCUT2D eigenvalue weighted by Crippen LogP contribution is 2.35. The minimum Gasteiger partial charge on any atom is -0.206 e. The van der Waals surface area contributed by atoms with Crippen LogP contribution in [0.3, 0.4) is 0 Å². The van der Waals surface area contributed by atoms with E-state index in [0.29, 0.717) is 5.56 Å². The summed E-state index contributed by atoms with van der Waals surface area (Å²) in [5.41, 5.74) is 2.97. The average molecular weight is 389 g/mol. The van der Waals surface area contributed by atoms with Crippen LogP contribution in [0.1, 0.15) is 63.9 Å². The molecular formula is C28H33F. The maximum atomic E-state index is 15.1. The third-order valence-electron chi connectivity index (χ3n) is 6.88. The fourth-order valence-corrected chi connectivity index (χ4v) is 5.01. The summed E-state index contributed by atoms with van der Waals surface area (Å²) >= 11 is 0. The van der Waals surface area contributed by atoms with Gasteiger partial charge in [0.25, 0.3) is 0 Å². The number of aryl methyl sites for hydroxylation is 1. The molecule has 0 aromatic heterocycles. The molecule has 0 aliphatic heterocycles. The van der Waals surface area contributed by atoms with Crippen LogP contribution in [0.4, 0.5) is 4.39 Å². The molecule has 0 spiro atoms. The van der Waals surface area contributed by atoms with E-state index in [1.54, 1.807) is 0 Å². The van der Waals surface area contributed by atoms with E-state index < -0.39 is 0 Å². The van der Waals surface area contributed by atoms with Crippen LogP contribution < -0.4 is 0 Å². The van der Waals surface area contributed by atoms with Gasteiger partial charge in [-0.3, -0.25) is 0 Å². The Morgan fingerprint density at radius 2 is 1.55 bits per heavy atom. The third kappa shape index (κ3) is 4.89. The highest BCUT2D eigenvalue weighted by Gasteiger charge is 2.20. The Kier molecular flexibility index (Phi) is 6.64. The number of rotatable bonds is 7. The van der Waals surface area contributed by atoms with Crippen molar-refractivity contribution >= 4 is 10.8 Å². The van der Waals surface area contributed by atoms with Gasteiger partial charge in [0, 0.05) is 10.9 Å². The van der Waals surface area contributed by atoms with Crippen LogP contribution in [0.25, 0.3) is 21.9 Å². The highest BCUT2D eigenvalue weighted by atomic mass is 19.1. The maximum Gasteiger partial charge on any atom is 0.138 e. The van der Waals surface area contributed by atoms with Gasteiger partial charge in [-0.2, -0.15) is 0 Å². The molecule has 0 unspecified atom stereocenters. The Morgan fingerprint density at radius 1 is 0.828 bits per heavy atom. The van der Waals surface area contributed by atoms with Crippen LogP contribution in [0.5, 0.6) is 0 Å². The van der Waals surface area contributed by atoms with Gasteiger partial charge in [0.1, 0.15) is 5.82 Å². The molecule has 152 valence electrons. The van der Waals surface area contributed by atoms with Crippen LogP contribution in [0, 0.1) is 17.7 Å². The third-order valence-corrected chi connectivity index (χ3v) is 6.88. The molecule has 1 fully saturated rings. The Bertz CT molecular complexity index is 920. The fraction of sp³-hybridized carbons (Fsp3) is 0.429. The van der Waals surface area contributed by atoms with Crippen molar-refractivity contribution in [2.75, 3.05) is 0 Å². The lowest BCUT2D eigenvalue weighted by molar-refractivity contribution is 0.250. The summed E-state index contributed by atoms with van der Waals surface area (Å²) in [7, 11) is 0. The molecular weight excluding hydrogens is 355 g/mol. The van der Waals surface area contributed by atoms with E-state index in [4.69, 9.17) is 0 Å². The van der Waals surface area contributed by atoms with Gasteiger partial charge in [-0.15, -0.1) is 0 Å². The molecule has 1 aliphatic carbocycles. The average Bonchev–Trinajstić information content (AvgIpc) is 2.78. The van der Waals surface area contributed by atoms with Crippen molar-refractivity contribution < 1.29 is 4.39 Å². The molecule has 0 amide bonds. The Labute approximate surface area is 175 Å². The molecule has 29 heavy (non-hydrogen) atoms. The molecule has 0 atom stereocenters. The monoisotopic (exact) mass is 388 g/mol. The highest BCUT2D eigenvalue weighted by molar-refractivity contribution is 5.88. The topological polar surface area (TPSA) is 0 Å². The van der Waals surface area contributed by atoms with Gasteiger partial charge in [0.15, 0.2) is 0 Å². The number of hydrogen-bond acceptors (Lipinski definition) is 0. The zero-order chi connectivity index (χ0) is 20.1. The molecule has 1 saturated carbocycles. The summed E-state index contributed by atoms with van der Waals surface area (Å²) in [4.78, 5) is 0. The minimum atomic E-state index is -0.106. The van der Waals surface area contributed by atoms with Crippen molar-refractivity contribution in [2.24, 2.45) is 11.8 Å². The first kappa shape index (κ1) is 20.1. The van der Waals surface area contributed by atoms with Crippen molar-refractivity contribution in [2.45, 2.75) is 64.7 Å². The van der Waals surface area contributed by atoms with E-state index in [0.717, 1.165) is 34.6 Å². The number of halogens is 1. The van der Waals surface area contributed by atoms with Crippen molar-refractivity contribution in [3.05, 3.63) is 72.0 Å². The predicted octanol–water partition coefficient (Wildman–Crippen LogP) is 8.58. The van der Waals surface area contributed by atoms with E-state index in [9.17, 15) is 0 Å². The van der Waals surface area contributed by atoms with E-state index in [-0.39, 0.29) is 5.82 Å². The fourth-order valence-electron chi connectivity index (χ4n) is 5.01. The van der Waals surface area contributed by atoms with Gasteiger partial charge in [-0.1, -0.05) is 113 Å². The second-order valence-corrected chi connectivity index (χ2v) is 8.92. The molecule has 0 nitrogen and oxygen atoms in total. The standard InChI is InChI=1S/C28H33F/c1-2-3-7-21-10-12-22(13-11-21)14-15-23-16-18-27-25(20-23)17-19-26(28(27)29)24-8-5-4-6-9-24/h4-6,8-9,16-22H,2-3,7,10-15H2,1H3/t21-,22-. The van der Waals surface area contributed by atoms with Gasteiger partial charge in [0.05, 0.1) is 0 Å². The minimum absolute atomic E-state index is 0.106. The number of fused-ring (bicyclic) bond motifs is 1. The van der Waals surface area contributed by atoms with Crippen LogP contribution in [0.2, 0.25) is 0 Å². The molecule has 0 radical (unpaired) electrons. The number of benzene rings is 3. The number of unbranched alkanes of at least 4 members (excludes halogenated alkanes) is 1. The summed E-state index contributed by atoms with van der Waals surface area (Å²) < 4.78 is 15.1. The van der Waals surface area contributed by atoms with Crippen LogP contribution >= 0.6 is 0 Å².